The van der Waals surface area contributed by atoms with Gasteiger partial charge in [0.2, 0.25) is 11.8 Å². The van der Waals surface area contributed by atoms with Gasteiger partial charge in [-0.05, 0) is 42.2 Å². The second-order valence-corrected chi connectivity index (χ2v) is 5.52. The van der Waals surface area contributed by atoms with E-state index in [4.69, 9.17) is 0 Å². The summed E-state index contributed by atoms with van der Waals surface area (Å²) in [5, 5.41) is 5.51. The van der Waals surface area contributed by atoms with Crippen LogP contribution in [0.5, 0.6) is 0 Å². The lowest BCUT2D eigenvalue weighted by Crippen LogP contribution is -2.18. The van der Waals surface area contributed by atoms with Crippen molar-refractivity contribution in [3.8, 4) is 0 Å². The molecule has 4 heteroatoms. The van der Waals surface area contributed by atoms with E-state index in [9.17, 15) is 9.59 Å². The third-order valence-corrected chi connectivity index (χ3v) is 3.77. The first-order valence-electron chi connectivity index (χ1n) is 7.72. The van der Waals surface area contributed by atoms with Crippen molar-refractivity contribution in [2.45, 2.75) is 26.2 Å². The Hall–Kier alpha value is -2.62. The number of hydrogen-bond acceptors (Lipinski definition) is 2. The first-order chi connectivity index (χ1) is 11.1. The van der Waals surface area contributed by atoms with Crippen LogP contribution in [0.2, 0.25) is 0 Å². The normalized spacial score (nSPS) is 10.2. The summed E-state index contributed by atoms with van der Waals surface area (Å²) in [5.74, 6) is -0.00183. The van der Waals surface area contributed by atoms with Crippen molar-refractivity contribution in [2.24, 2.45) is 0 Å². The molecule has 4 nitrogen and oxygen atoms in total. The predicted molar refractivity (Wildman–Crippen MR) is 92.3 cm³/mol. The molecule has 120 valence electrons. The Kier molecular flexibility index (Phi) is 5.92. The number of carbonyl (C=O) groups is 2. The summed E-state index contributed by atoms with van der Waals surface area (Å²) >= 11 is 0. The monoisotopic (exact) mass is 310 g/mol. The number of aryl methyl sites for hydroxylation is 2. The van der Waals surface area contributed by atoms with Crippen molar-refractivity contribution in [3.63, 3.8) is 0 Å². The molecule has 0 bridgehead atoms. The molecular formula is C19H22N2O2. The number of carbonyl (C=O) groups excluding carboxylic acids is 2. The summed E-state index contributed by atoms with van der Waals surface area (Å²) in [4.78, 5) is 23.3. The summed E-state index contributed by atoms with van der Waals surface area (Å²) in [7, 11) is 1.63. The van der Waals surface area contributed by atoms with Crippen LogP contribution in [-0.4, -0.2) is 18.9 Å². The minimum Gasteiger partial charge on any atom is -0.359 e. The molecule has 0 aliphatic rings. The molecule has 0 aliphatic heterocycles. The van der Waals surface area contributed by atoms with Gasteiger partial charge in [-0.3, -0.25) is 9.59 Å². The van der Waals surface area contributed by atoms with Crippen LogP contribution in [0.4, 0.5) is 5.69 Å². The predicted octanol–water partition coefficient (Wildman–Crippen LogP) is 2.85. The van der Waals surface area contributed by atoms with E-state index in [0.717, 1.165) is 22.4 Å². The molecule has 2 aromatic carbocycles. The fraction of sp³-hybridized carbons (Fsp3) is 0.263. The zero-order chi connectivity index (χ0) is 16.7. The van der Waals surface area contributed by atoms with Gasteiger partial charge < -0.3 is 10.6 Å². The van der Waals surface area contributed by atoms with E-state index in [1.165, 1.54) is 0 Å². The van der Waals surface area contributed by atoms with Gasteiger partial charge in [0.05, 0.1) is 6.42 Å². The van der Waals surface area contributed by atoms with Crippen LogP contribution in [0.3, 0.4) is 0 Å². The maximum absolute atomic E-state index is 12.1. The van der Waals surface area contributed by atoms with Gasteiger partial charge in [0.15, 0.2) is 0 Å². The van der Waals surface area contributed by atoms with Gasteiger partial charge in [-0.25, -0.2) is 0 Å². The van der Waals surface area contributed by atoms with E-state index >= 15 is 0 Å². The summed E-state index contributed by atoms with van der Waals surface area (Å²) < 4.78 is 0. The third kappa shape index (κ3) is 5.25. The Labute approximate surface area is 136 Å². The Morgan fingerprint density at radius 2 is 1.65 bits per heavy atom. The molecule has 0 atom stereocenters. The number of rotatable bonds is 6. The van der Waals surface area contributed by atoms with Crippen molar-refractivity contribution in [1.82, 2.24) is 5.32 Å². The molecule has 0 saturated carbocycles. The lowest BCUT2D eigenvalue weighted by Gasteiger charge is -2.08. The summed E-state index contributed by atoms with van der Waals surface area (Å²) in [6.07, 6.45) is 1.53. The van der Waals surface area contributed by atoms with E-state index in [1.54, 1.807) is 7.05 Å². The fourth-order valence-corrected chi connectivity index (χ4v) is 2.32. The molecule has 2 aromatic rings. The highest BCUT2D eigenvalue weighted by atomic mass is 16.2. The van der Waals surface area contributed by atoms with Crippen LogP contribution >= 0.6 is 0 Å². The van der Waals surface area contributed by atoms with Gasteiger partial charge in [0.1, 0.15) is 0 Å². The van der Waals surface area contributed by atoms with Gasteiger partial charge in [0, 0.05) is 19.2 Å². The van der Waals surface area contributed by atoms with Crippen LogP contribution in [0.1, 0.15) is 23.1 Å². The van der Waals surface area contributed by atoms with Gasteiger partial charge in [-0.15, -0.1) is 0 Å². The second-order valence-electron chi connectivity index (χ2n) is 5.52. The van der Waals surface area contributed by atoms with Crippen LogP contribution in [-0.2, 0) is 22.4 Å². The van der Waals surface area contributed by atoms with Crippen LogP contribution in [0, 0.1) is 6.92 Å². The maximum Gasteiger partial charge on any atom is 0.228 e. The van der Waals surface area contributed by atoms with Gasteiger partial charge >= 0.3 is 0 Å². The number of nitrogens with one attached hydrogen (secondary N) is 2. The zero-order valence-electron chi connectivity index (χ0n) is 13.6. The average Bonchev–Trinajstić information content (AvgIpc) is 2.56. The summed E-state index contributed by atoms with van der Waals surface area (Å²) in [6.45, 7) is 2.00. The van der Waals surface area contributed by atoms with E-state index in [2.05, 4.69) is 10.6 Å². The fourth-order valence-electron chi connectivity index (χ4n) is 2.32. The highest BCUT2D eigenvalue weighted by molar-refractivity contribution is 5.92. The van der Waals surface area contributed by atoms with Crippen molar-refractivity contribution < 1.29 is 9.59 Å². The standard InChI is InChI=1S/C19H22N2O2/c1-14-5-3-4-6-16(14)13-19(23)21-17-10-7-15(8-11-17)9-12-18(22)20-2/h3-8,10-11H,9,12-13H2,1-2H3,(H,20,22)(H,21,23). The molecule has 0 saturated heterocycles. The van der Waals surface area contributed by atoms with Crippen molar-refractivity contribution >= 4 is 17.5 Å². The van der Waals surface area contributed by atoms with Gasteiger partial charge in [0.25, 0.3) is 0 Å². The second kappa shape index (κ2) is 8.13. The SMILES string of the molecule is CNC(=O)CCc1ccc(NC(=O)Cc2ccccc2C)cc1. The molecular weight excluding hydrogens is 288 g/mol. The van der Waals surface area contributed by atoms with E-state index in [-0.39, 0.29) is 11.8 Å². The number of hydrogen-bond donors (Lipinski definition) is 2. The summed E-state index contributed by atoms with van der Waals surface area (Å²) in [6, 6.07) is 15.5. The van der Waals surface area contributed by atoms with Crippen LogP contribution < -0.4 is 10.6 Å². The number of benzene rings is 2. The molecule has 0 aromatic heterocycles. The third-order valence-electron chi connectivity index (χ3n) is 3.77. The minimum atomic E-state index is -0.0302. The Balaban J connectivity index is 1.89. The topological polar surface area (TPSA) is 58.2 Å². The quantitative estimate of drug-likeness (QED) is 0.862. The molecule has 2 N–H and O–H groups in total. The van der Waals surface area contributed by atoms with Gasteiger partial charge in [-0.1, -0.05) is 36.4 Å². The minimum absolute atomic E-state index is 0.0283. The Morgan fingerprint density at radius 3 is 2.30 bits per heavy atom. The van der Waals surface area contributed by atoms with E-state index in [0.29, 0.717) is 19.3 Å². The van der Waals surface area contributed by atoms with Gasteiger partial charge in [-0.2, -0.15) is 0 Å². The smallest absolute Gasteiger partial charge is 0.228 e. The molecule has 0 unspecified atom stereocenters. The molecule has 0 radical (unpaired) electrons. The Bertz CT molecular complexity index is 678. The number of amides is 2. The van der Waals surface area contributed by atoms with Crippen molar-refractivity contribution in [1.29, 1.82) is 0 Å². The van der Waals surface area contributed by atoms with Crippen molar-refractivity contribution in [3.05, 3.63) is 65.2 Å². The van der Waals surface area contributed by atoms with E-state index in [1.807, 2.05) is 55.5 Å². The summed E-state index contributed by atoms with van der Waals surface area (Å²) in [5.41, 5.74) is 4.00. The highest BCUT2D eigenvalue weighted by Gasteiger charge is 2.06. The molecule has 2 amide bonds. The molecule has 0 aliphatic carbocycles. The Morgan fingerprint density at radius 1 is 0.957 bits per heavy atom. The first-order valence-corrected chi connectivity index (χ1v) is 7.72. The maximum atomic E-state index is 12.1. The largest absolute Gasteiger partial charge is 0.359 e. The molecule has 2 rings (SSSR count). The van der Waals surface area contributed by atoms with Crippen molar-refractivity contribution in [2.75, 3.05) is 12.4 Å². The highest BCUT2D eigenvalue weighted by Crippen LogP contribution is 2.13. The molecule has 0 spiro atoms. The van der Waals surface area contributed by atoms with Crippen LogP contribution in [0.15, 0.2) is 48.5 Å². The first kappa shape index (κ1) is 16.7. The zero-order valence-corrected chi connectivity index (χ0v) is 13.6. The molecule has 0 heterocycles. The molecule has 23 heavy (non-hydrogen) atoms. The number of anilines is 1. The van der Waals surface area contributed by atoms with Crippen LogP contribution in [0.25, 0.3) is 0 Å². The lowest BCUT2D eigenvalue weighted by molar-refractivity contribution is -0.120. The molecule has 0 fully saturated rings. The van der Waals surface area contributed by atoms with E-state index < -0.39 is 0 Å². The lowest BCUT2D eigenvalue weighted by atomic mass is 10.1. The average molecular weight is 310 g/mol.